The zero-order valence-electron chi connectivity index (χ0n) is 9.76. The fourth-order valence-corrected chi connectivity index (χ4v) is 1.90. The van der Waals surface area contributed by atoms with Crippen LogP contribution in [0.2, 0.25) is 0 Å². The van der Waals surface area contributed by atoms with Gasteiger partial charge in [-0.1, -0.05) is 42.5 Å². The van der Waals surface area contributed by atoms with E-state index in [1.165, 1.54) is 6.08 Å². The maximum Gasteiger partial charge on any atom is 0.139 e. The van der Waals surface area contributed by atoms with Crippen molar-refractivity contribution in [2.24, 2.45) is 0 Å². The highest BCUT2D eigenvalue weighted by molar-refractivity contribution is 5.94. The molecule has 0 saturated heterocycles. The van der Waals surface area contributed by atoms with Crippen molar-refractivity contribution in [3.63, 3.8) is 0 Å². The second kappa shape index (κ2) is 5.65. The molecule has 0 saturated carbocycles. The van der Waals surface area contributed by atoms with E-state index in [4.69, 9.17) is 5.26 Å². The molecule has 0 bridgehead atoms. The van der Waals surface area contributed by atoms with Crippen molar-refractivity contribution in [1.29, 1.82) is 5.26 Å². The van der Waals surface area contributed by atoms with Crippen LogP contribution in [0, 0.1) is 11.3 Å². The van der Waals surface area contributed by atoms with Gasteiger partial charge in [0.2, 0.25) is 0 Å². The van der Waals surface area contributed by atoms with E-state index in [0.717, 1.165) is 22.6 Å². The molecule has 2 aromatic carbocycles. The van der Waals surface area contributed by atoms with Crippen LogP contribution in [0.1, 0.15) is 5.56 Å². The van der Waals surface area contributed by atoms with Crippen LogP contribution in [-0.4, -0.2) is 12.8 Å². The fourth-order valence-electron chi connectivity index (χ4n) is 1.90. The summed E-state index contributed by atoms with van der Waals surface area (Å²) in [5.41, 5.74) is 1.60. The van der Waals surface area contributed by atoms with Gasteiger partial charge >= 0.3 is 0 Å². The summed E-state index contributed by atoms with van der Waals surface area (Å²) in [6, 6.07) is 15.8. The van der Waals surface area contributed by atoms with Gasteiger partial charge in [0, 0.05) is 11.6 Å². The van der Waals surface area contributed by atoms with Gasteiger partial charge in [-0.25, -0.2) is 0 Å². The van der Waals surface area contributed by atoms with Crippen molar-refractivity contribution < 1.29 is 4.79 Å². The molecule has 3 heteroatoms. The summed E-state index contributed by atoms with van der Waals surface area (Å²) in [6.07, 6.45) is 2.20. The van der Waals surface area contributed by atoms with Gasteiger partial charge < -0.3 is 10.1 Å². The van der Waals surface area contributed by atoms with E-state index in [-0.39, 0.29) is 6.54 Å². The van der Waals surface area contributed by atoms with Gasteiger partial charge in [-0.15, -0.1) is 0 Å². The van der Waals surface area contributed by atoms with Gasteiger partial charge in [0.1, 0.15) is 6.29 Å². The molecule has 2 aromatic rings. The highest BCUT2D eigenvalue weighted by atomic mass is 16.1. The highest BCUT2D eigenvalue weighted by Crippen LogP contribution is 2.23. The molecule has 0 aliphatic rings. The summed E-state index contributed by atoms with van der Waals surface area (Å²) in [5, 5.41) is 13.9. The fraction of sp³-hybridized carbons (Fsp3) is 0.0667. The lowest BCUT2D eigenvalue weighted by molar-refractivity contribution is -0.107. The number of allylic oxidation sites excluding steroid dienone is 1. The number of carbonyl (C=O) groups excluding carboxylic acids is 1. The molecule has 0 heterocycles. The van der Waals surface area contributed by atoms with Crippen LogP contribution in [0.5, 0.6) is 0 Å². The third kappa shape index (κ3) is 2.38. The molecule has 1 N–H and O–H groups in total. The van der Waals surface area contributed by atoms with E-state index in [0.29, 0.717) is 5.70 Å². The Kier molecular flexibility index (Phi) is 3.72. The predicted molar refractivity (Wildman–Crippen MR) is 71.6 cm³/mol. The third-order valence-electron chi connectivity index (χ3n) is 2.66. The number of nitrogens with zero attached hydrogens (tertiary/aromatic N) is 1. The molecule has 0 amide bonds. The van der Waals surface area contributed by atoms with Crippen molar-refractivity contribution >= 4 is 22.8 Å². The number of rotatable bonds is 4. The average molecular weight is 236 g/mol. The van der Waals surface area contributed by atoms with Gasteiger partial charge in [-0.2, -0.15) is 5.26 Å². The number of hydrogen-bond acceptors (Lipinski definition) is 3. The van der Waals surface area contributed by atoms with Gasteiger partial charge in [0.15, 0.2) is 0 Å². The van der Waals surface area contributed by atoms with E-state index >= 15 is 0 Å². The van der Waals surface area contributed by atoms with E-state index in [9.17, 15) is 4.79 Å². The standard InChI is InChI=1S/C15H12N2O/c16-9-8-15(17-10-11-18)14-7-3-5-12-4-1-2-6-13(12)14/h1-8,11,17H,10H2/b15-8-. The number of benzene rings is 2. The molecule has 0 aliphatic carbocycles. The maximum absolute atomic E-state index is 10.4. The van der Waals surface area contributed by atoms with Crippen LogP contribution >= 0.6 is 0 Å². The summed E-state index contributed by atoms with van der Waals surface area (Å²) in [6.45, 7) is 0.191. The molecule has 0 radical (unpaired) electrons. The second-order valence-corrected chi connectivity index (χ2v) is 3.76. The lowest BCUT2D eigenvalue weighted by Crippen LogP contribution is -2.14. The molecular weight excluding hydrogens is 224 g/mol. The van der Waals surface area contributed by atoms with Gasteiger partial charge in [0.05, 0.1) is 18.3 Å². The molecule has 0 spiro atoms. The molecular formula is C15H12N2O. The molecule has 2 rings (SSSR count). The molecule has 0 aliphatic heterocycles. The first-order valence-electron chi connectivity index (χ1n) is 5.62. The van der Waals surface area contributed by atoms with E-state index in [1.54, 1.807) is 0 Å². The van der Waals surface area contributed by atoms with Crippen LogP contribution in [0.25, 0.3) is 16.5 Å². The lowest BCUT2D eigenvalue weighted by atomic mass is 10.0. The van der Waals surface area contributed by atoms with Crippen molar-refractivity contribution in [2.75, 3.05) is 6.54 Å². The largest absolute Gasteiger partial charge is 0.377 e. The minimum absolute atomic E-state index is 0.191. The van der Waals surface area contributed by atoms with Crippen molar-refractivity contribution in [3.05, 3.63) is 54.1 Å². The van der Waals surface area contributed by atoms with Crippen LogP contribution < -0.4 is 5.32 Å². The molecule has 18 heavy (non-hydrogen) atoms. The van der Waals surface area contributed by atoms with Crippen molar-refractivity contribution in [2.45, 2.75) is 0 Å². The molecule has 88 valence electrons. The Morgan fingerprint density at radius 1 is 1.22 bits per heavy atom. The Morgan fingerprint density at radius 3 is 2.78 bits per heavy atom. The summed E-state index contributed by atoms with van der Waals surface area (Å²) in [5.74, 6) is 0. The number of carbonyl (C=O) groups is 1. The molecule has 0 atom stereocenters. The second-order valence-electron chi connectivity index (χ2n) is 3.76. The summed E-state index contributed by atoms with van der Waals surface area (Å²) < 4.78 is 0. The zero-order chi connectivity index (χ0) is 12.8. The summed E-state index contributed by atoms with van der Waals surface area (Å²) in [4.78, 5) is 10.4. The minimum Gasteiger partial charge on any atom is -0.377 e. The minimum atomic E-state index is 0.191. The molecule has 0 aromatic heterocycles. The van der Waals surface area contributed by atoms with Crippen LogP contribution in [0.15, 0.2) is 48.5 Å². The van der Waals surface area contributed by atoms with Gasteiger partial charge in [0.25, 0.3) is 0 Å². The van der Waals surface area contributed by atoms with Crippen LogP contribution in [-0.2, 0) is 4.79 Å². The Balaban J connectivity index is 2.54. The predicted octanol–water partition coefficient (Wildman–Crippen LogP) is 2.49. The van der Waals surface area contributed by atoms with E-state index in [1.807, 2.05) is 48.5 Å². The smallest absolute Gasteiger partial charge is 0.139 e. The van der Waals surface area contributed by atoms with E-state index < -0.39 is 0 Å². The Morgan fingerprint density at radius 2 is 2.00 bits per heavy atom. The molecule has 0 unspecified atom stereocenters. The topological polar surface area (TPSA) is 52.9 Å². The maximum atomic E-state index is 10.4. The van der Waals surface area contributed by atoms with Crippen molar-refractivity contribution in [1.82, 2.24) is 5.32 Å². The first-order chi connectivity index (χ1) is 8.86. The Labute approximate surface area is 105 Å². The van der Waals surface area contributed by atoms with Crippen LogP contribution in [0.3, 0.4) is 0 Å². The van der Waals surface area contributed by atoms with Crippen LogP contribution in [0.4, 0.5) is 0 Å². The van der Waals surface area contributed by atoms with E-state index in [2.05, 4.69) is 5.32 Å². The quantitative estimate of drug-likeness (QED) is 0.655. The van der Waals surface area contributed by atoms with Gasteiger partial charge in [-0.05, 0) is 10.8 Å². The first kappa shape index (κ1) is 11.9. The zero-order valence-corrected chi connectivity index (χ0v) is 9.76. The monoisotopic (exact) mass is 236 g/mol. The Hall–Kier alpha value is -2.60. The number of nitrogens with one attached hydrogen (secondary N) is 1. The number of fused-ring (bicyclic) bond motifs is 1. The summed E-state index contributed by atoms with van der Waals surface area (Å²) >= 11 is 0. The number of hydrogen-bond donors (Lipinski definition) is 1. The number of aldehydes is 1. The normalized spacial score (nSPS) is 10.9. The lowest BCUT2D eigenvalue weighted by Gasteiger charge is -2.10. The average Bonchev–Trinajstić information content (AvgIpc) is 2.43. The number of nitriles is 1. The third-order valence-corrected chi connectivity index (χ3v) is 2.66. The molecule has 0 fully saturated rings. The van der Waals surface area contributed by atoms with Crippen molar-refractivity contribution in [3.8, 4) is 6.07 Å². The van der Waals surface area contributed by atoms with Gasteiger partial charge in [-0.3, -0.25) is 0 Å². The first-order valence-corrected chi connectivity index (χ1v) is 5.62. The summed E-state index contributed by atoms with van der Waals surface area (Å²) in [7, 11) is 0. The molecule has 3 nitrogen and oxygen atoms in total. The Bertz CT molecular complexity index is 633. The SMILES string of the molecule is N#C/C=C(\NCC=O)c1cccc2ccccc12. The highest BCUT2D eigenvalue weighted by Gasteiger charge is 2.05.